The second-order valence-corrected chi connectivity index (χ2v) is 5.51. The van der Waals surface area contributed by atoms with Crippen LogP contribution in [0.5, 0.6) is 11.5 Å². The fourth-order valence-corrected chi connectivity index (χ4v) is 1.82. The van der Waals surface area contributed by atoms with Crippen molar-refractivity contribution in [1.82, 2.24) is 0 Å². The largest absolute Gasteiger partial charge is 0.493 e. The Morgan fingerprint density at radius 1 is 1.17 bits per heavy atom. The van der Waals surface area contributed by atoms with Crippen molar-refractivity contribution in [3.05, 3.63) is 23.5 Å². The summed E-state index contributed by atoms with van der Waals surface area (Å²) in [6.07, 6.45) is -0.385. The van der Waals surface area contributed by atoms with Gasteiger partial charge in [0, 0.05) is 11.6 Å². The molecule has 0 aliphatic carbocycles. The van der Waals surface area contributed by atoms with Gasteiger partial charge in [0.15, 0.2) is 11.5 Å². The summed E-state index contributed by atoms with van der Waals surface area (Å²) in [6.45, 7) is 5.98. The van der Waals surface area contributed by atoms with Gasteiger partial charge in [0.2, 0.25) is 0 Å². The number of hydrogen-bond donors (Lipinski definition) is 1. The molecule has 1 aromatic rings. The lowest BCUT2D eigenvalue weighted by Gasteiger charge is -2.23. The van der Waals surface area contributed by atoms with Crippen LogP contribution in [-0.4, -0.2) is 19.3 Å². The molecule has 4 heteroatoms. The third-order valence-corrected chi connectivity index (χ3v) is 2.67. The Hall–Kier alpha value is -1.29. The zero-order valence-corrected chi connectivity index (χ0v) is 11.6. The van der Waals surface area contributed by atoms with Gasteiger partial charge in [-0.25, -0.2) is 4.39 Å². The Bertz CT molecular complexity index is 410. The summed E-state index contributed by atoms with van der Waals surface area (Å²) in [5.74, 6) is 0.257. The van der Waals surface area contributed by atoms with Crippen molar-refractivity contribution >= 4 is 0 Å². The molecule has 0 heterocycles. The van der Waals surface area contributed by atoms with E-state index in [1.54, 1.807) is 0 Å². The summed E-state index contributed by atoms with van der Waals surface area (Å²) in [5.41, 5.74) is 0.154. The molecule has 0 aliphatic heterocycles. The van der Waals surface area contributed by atoms with E-state index < -0.39 is 11.9 Å². The summed E-state index contributed by atoms with van der Waals surface area (Å²) in [7, 11) is 2.93. The van der Waals surface area contributed by atoms with Crippen molar-refractivity contribution < 1.29 is 19.0 Å². The van der Waals surface area contributed by atoms with Gasteiger partial charge in [0.1, 0.15) is 5.82 Å². The second kappa shape index (κ2) is 5.57. The molecule has 0 aliphatic rings. The molecule has 18 heavy (non-hydrogen) atoms. The van der Waals surface area contributed by atoms with Crippen LogP contribution in [-0.2, 0) is 0 Å². The zero-order valence-electron chi connectivity index (χ0n) is 11.6. The number of aliphatic hydroxyl groups excluding tert-OH is 1. The Morgan fingerprint density at radius 2 is 1.67 bits per heavy atom. The molecular weight excluding hydrogens is 235 g/mol. The number of halogens is 1. The normalized spacial score (nSPS) is 13.3. The van der Waals surface area contributed by atoms with Gasteiger partial charge in [-0.15, -0.1) is 0 Å². The molecule has 0 saturated carbocycles. The minimum atomic E-state index is -0.857. The third-order valence-electron chi connectivity index (χ3n) is 2.67. The highest BCUT2D eigenvalue weighted by atomic mass is 19.1. The Kier molecular flexibility index (Phi) is 4.57. The topological polar surface area (TPSA) is 38.7 Å². The highest BCUT2D eigenvalue weighted by Gasteiger charge is 2.22. The van der Waals surface area contributed by atoms with Crippen LogP contribution in [0.1, 0.15) is 38.9 Å². The van der Waals surface area contributed by atoms with Crippen molar-refractivity contribution in [2.45, 2.75) is 33.3 Å². The first-order chi connectivity index (χ1) is 8.28. The van der Waals surface area contributed by atoms with Gasteiger partial charge in [-0.2, -0.15) is 0 Å². The summed E-state index contributed by atoms with van der Waals surface area (Å²) >= 11 is 0. The van der Waals surface area contributed by atoms with Crippen molar-refractivity contribution in [2.24, 2.45) is 5.41 Å². The highest BCUT2D eigenvalue weighted by molar-refractivity contribution is 5.44. The number of aliphatic hydroxyl groups is 1. The molecule has 0 amide bonds. The summed E-state index contributed by atoms with van der Waals surface area (Å²) in [4.78, 5) is 0. The van der Waals surface area contributed by atoms with Gasteiger partial charge in [-0.3, -0.25) is 0 Å². The first-order valence-corrected chi connectivity index (χ1v) is 5.88. The van der Waals surface area contributed by atoms with Crippen LogP contribution in [0.3, 0.4) is 0 Å². The van der Waals surface area contributed by atoms with Crippen molar-refractivity contribution in [2.75, 3.05) is 14.2 Å². The second-order valence-electron chi connectivity index (χ2n) is 5.51. The molecule has 1 N–H and O–H groups in total. The van der Waals surface area contributed by atoms with Crippen LogP contribution < -0.4 is 9.47 Å². The quantitative estimate of drug-likeness (QED) is 0.898. The monoisotopic (exact) mass is 256 g/mol. The molecule has 0 radical (unpaired) electrons. The SMILES string of the molecule is COc1cc(F)c(C(O)CC(C)(C)C)cc1OC. The minimum Gasteiger partial charge on any atom is -0.493 e. The van der Waals surface area contributed by atoms with Crippen LogP contribution in [0, 0.1) is 11.2 Å². The number of hydrogen-bond acceptors (Lipinski definition) is 3. The zero-order chi connectivity index (χ0) is 13.9. The van der Waals surface area contributed by atoms with Crippen LogP contribution in [0.2, 0.25) is 0 Å². The van der Waals surface area contributed by atoms with E-state index >= 15 is 0 Å². The molecule has 102 valence electrons. The van der Waals surface area contributed by atoms with Crippen LogP contribution in [0.15, 0.2) is 12.1 Å². The molecule has 0 saturated heterocycles. The fourth-order valence-electron chi connectivity index (χ4n) is 1.82. The molecule has 0 fully saturated rings. The Balaban J connectivity index is 3.09. The molecule has 1 unspecified atom stereocenters. The van der Waals surface area contributed by atoms with Crippen LogP contribution in [0.25, 0.3) is 0 Å². The van der Waals surface area contributed by atoms with Crippen LogP contribution in [0.4, 0.5) is 4.39 Å². The molecular formula is C14H21FO3. The summed E-state index contributed by atoms with van der Waals surface area (Å²) < 4.78 is 24.0. The standard InChI is InChI=1S/C14H21FO3/c1-14(2,3)8-11(16)9-6-12(17-4)13(18-5)7-10(9)15/h6-7,11,16H,8H2,1-5H3. The van der Waals surface area contributed by atoms with E-state index in [2.05, 4.69) is 0 Å². The van der Waals surface area contributed by atoms with Gasteiger partial charge in [-0.05, 0) is 17.9 Å². The van der Waals surface area contributed by atoms with Gasteiger partial charge in [-0.1, -0.05) is 20.8 Å². The van der Waals surface area contributed by atoms with Gasteiger partial charge >= 0.3 is 0 Å². The predicted octanol–water partition coefficient (Wildman–Crippen LogP) is 3.31. The molecule has 1 rings (SSSR count). The first-order valence-electron chi connectivity index (χ1n) is 5.88. The Labute approximate surface area is 108 Å². The van der Waals surface area contributed by atoms with E-state index in [1.807, 2.05) is 20.8 Å². The number of rotatable bonds is 4. The smallest absolute Gasteiger partial charge is 0.163 e. The van der Waals surface area contributed by atoms with E-state index in [4.69, 9.17) is 9.47 Å². The lowest BCUT2D eigenvalue weighted by Crippen LogP contribution is -2.13. The van der Waals surface area contributed by atoms with Crippen molar-refractivity contribution in [3.63, 3.8) is 0 Å². The maximum absolute atomic E-state index is 13.9. The molecule has 0 bridgehead atoms. The number of benzene rings is 1. The summed E-state index contributed by atoms with van der Waals surface area (Å²) in [5, 5.41) is 10.1. The van der Waals surface area contributed by atoms with E-state index in [0.29, 0.717) is 17.9 Å². The lowest BCUT2D eigenvalue weighted by molar-refractivity contribution is 0.118. The van der Waals surface area contributed by atoms with E-state index in [0.717, 1.165) is 0 Å². The number of ether oxygens (including phenoxy) is 2. The fraction of sp³-hybridized carbons (Fsp3) is 0.571. The average Bonchev–Trinajstić information content (AvgIpc) is 2.26. The first kappa shape index (κ1) is 14.8. The molecule has 0 aromatic heterocycles. The lowest BCUT2D eigenvalue weighted by atomic mass is 9.86. The van der Waals surface area contributed by atoms with Crippen molar-refractivity contribution in [1.29, 1.82) is 0 Å². The molecule has 0 spiro atoms. The van der Waals surface area contributed by atoms with E-state index in [1.165, 1.54) is 26.4 Å². The van der Waals surface area contributed by atoms with Crippen LogP contribution >= 0.6 is 0 Å². The Morgan fingerprint density at radius 3 is 2.11 bits per heavy atom. The maximum atomic E-state index is 13.9. The van der Waals surface area contributed by atoms with Gasteiger partial charge in [0.25, 0.3) is 0 Å². The predicted molar refractivity (Wildman–Crippen MR) is 68.5 cm³/mol. The minimum absolute atomic E-state index is 0.0843. The number of methoxy groups -OCH3 is 2. The third kappa shape index (κ3) is 3.60. The van der Waals surface area contributed by atoms with Crippen molar-refractivity contribution in [3.8, 4) is 11.5 Å². The maximum Gasteiger partial charge on any atom is 0.163 e. The highest BCUT2D eigenvalue weighted by Crippen LogP contribution is 2.36. The van der Waals surface area contributed by atoms with E-state index in [9.17, 15) is 9.50 Å². The average molecular weight is 256 g/mol. The van der Waals surface area contributed by atoms with E-state index in [-0.39, 0.29) is 11.0 Å². The van der Waals surface area contributed by atoms with Gasteiger partial charge in [0.05, 0.1) is 20.3 Å². The summed E-state index contributed by atoms with van der Waals surface area (Å²) in [6, 6.07) is 2.73. The molecule has 1 aromatic carbocycles. The molecule has 3 nitrogen and oxygen atoms in total. The molecule has 1 atom stereocenters. The van der Waals surface area contributed by atoms with Gasteiger partial charge < -0.3 is 14.6 Å².